The van der Waals surface area contributed by atoms with Crippen molar-refractivity contribution in [3.8, 4) is 0 Å². The van der Waals surface area contributed by atoms with Crippen LogP contribution in [0, 0.1) is 0 Å². The maximum Gasteiger partial charge on any atom is 0.322 e. The highest BCUT2D eigenvalue weighted by Crippen LogP contribution is 2.24. The van der Waals surface area contributed by atoms with Crippen LogP contribution in [0.5, 0.6) is 0 Å². The van der Waals surface area contributed by atoms with Crippen molar-refractivity contribution in [1.82, 2.24) is 10.6 Å². The zero-order chi connectivity index (χ0) is 11.8. The fourth-order valence-electron chi connectivity index (χ4n) is 1.76. The van der Waals surface area contributed by atoms with Crippen molar-refractivity contribution in [2.24, 2.45) is 5.73 Å². The number of carbonyl (C=O) groups is 2. The van der Waals surface area contributed by atoms with Crippen molar-refractivity contribution in [2.75, 3.05) is 0 Å². The van der Waals surface area contributed by atoms with Gasteiger partial charge < -0.3 is 11.1 Å². The van der Waals surface area contributed by atoms with Gasteiger partial charge in [-0.1, -0.05) is 24.3 Å². The van der Waals surface area contributed by atoms with E-state index in [1.807, 2.05) is 18.2 Å². The van der Waals surface area contributed by atoms with E-state index in [4.69, 9.17) is 5.73 Å². The van der Waals surface area contributed by atoms with Gasteiger partial charge in [-0.3, -0.25) is 10.1 Å². The molecule has 3 amide bonds. The SMILES string of the molecule is CC1(c2cccc(CN)c2)NC(=O)NC1=O.Cl. The van der Waals surface area contributed by atoms with E-state index in [1.165, 1.54) is 0 Å². The summed E-state index contributed by atoms with van der Waals surface area (Å²) in [5.41, 5.74) is 6.20. The zero-order valence-electron chi connectivity index (χ0n) is 9.32. The molecule has 1 saturated heterocycles. The largest absolute Gasteiger partial charge is 0.326 e. The van der Waals surface area contributed by atoms with E-state index in [1.54, 1.807) is 13.0 Å². The Morgan fingerprint density at radius 3 is 2.59 bits per heavy atom. The molecule has 1 heterocycles. The van der Waals surface area contributed by atoms with Crippen LogP contribution in [0.1, 0.15) is 18.1 Å². The fraction of sp³-hybridized carbons (Fsp3) is 0.273. The molecule has 1 atom stereocenters. The number of nitrogens with one attached hydrogen (secondary N) is 2. The molecule has 6 heteroatoms. The van der Waals surface area contributed by atoms with E-state index in [2.05, 4.69) is 10.6 Å². The van der Waals surface area contributed by atoms with Gasteiger partial charge in [-0.15, -0.1) is 12.4 Å². The number of halogens is 1. The molecule has 1 aromatic rings. The second kappa shape index (κ2) is 4.73. The van der Waals surface area contributed by atoms with Crippen LogP contribution >= 0.6 is 12.4 Å². The number of amides is 3. The molecule has 1 aliphatic heterocycles. The van der Waals surface area contributed by atoms with E-state index in [0.717, 1.165) is 11.1 Å². The second-order valence-electron chi connectivity index (χ2n) is 3.94. The molecule has 0 saturated carbocycles. The number of carbonyl (C=O) groups excluding carboxylic acids is 2. The lowest BCUT2D eigenvalue weighted by atomic mass is 9.91. The minimum absolute atomic E-state index is 0. The van der Waals surface area contributed by atoms with E-state index in [-0.39, 0.29) is 18.3 Å². The third-order valence-corrected chi connectivity index (χ3v) is 2.78. The Labute approximate surface area is 105 Å². The van der Waals surface area contributed by atoms with Gasteiger partial charge in [-0.05, 0) is 18.1 Å². The highest BCUT2D eigenvalue weighted by molar-refractivity contribution is 6.07. The molecule has 0 aliphatic carbocycles. The maximum absolute atomic E-state index is 11.7. The lowest BCUT2D eigenvalue weighted by Gasteiger charge is -2.21. The summed E-state index contributed by atoms with van der Waals surface area (Å²) >= 11 is 0. The minimum Gasteiger partial charge on any atom is -0.326 e. The highest BCUT2D eigenvalue weighted by atomic mass is 35.5. The van der Waals surface area contributed by atoms with Gasteiger partial charge in [-0.2, -0.15) is 0 Å². The standard InChI is InChI=1S/C11H13N3O2.ClH/c1-11(9(15)13-10(16)14-11)8-4-2-3-7(5-8)6-12;/h2-5H,6,12H2,1H3,(H2,13,14,15,16);1H. The molecule has 1 unspecified atom stereocenters. The van der Waals surface area contributed by atoms with Gasteiger partial charge in [0.2, 0.25) is 0 Å². The lowest BCUT2D eigenvalue weighted by molar-refractivity contribution is -0.123. The van der Waals surface area contributed by atoms with Crippen molar-refractivity contribution < 1.29 is 9.59 Å². The average Bonchev–Trinajstić information content (AvgIpc) is 2.54. The van der Waals surface area contributed by atoms with Gasteiger partial charge in [0, 0.05) is 6.54 Å². The number of urea groups is 1. The summed E-state index contributed by atoms with van der Waals surface area (Å²) in [5.74, 6) is -0.341. The third-order valence-electron chi connectivity index (χ3n) is 2.78. The molecule has 4 N–H and O–H groups in total. The predicted molar refractivity (Wildman–Crippen MR) is 65.6 cm³/mol. The number of benzene rings is 1. The highest BCUT2D eigenvalue weighted by Gasteiger charge is 2.43. The van der Waals surface area contributed by atoms with E-state index < -0.39 is 11.6 Å². The van der Waals surface area contributed by atoms with Crippen LogP contribution in [0.4, 0.5) is 4.79 Å². The van der Waals surface area contributed by atoms with Gasteiger partial charge >= 0.3 is 6.03 Å². The first-order chi connectivity index (χ1) is 7.56. The summed E-state index contributed by atoms with van der Waals surface area (Å²) < 4.78 is 0. The van der Waals surface area contributed by atoms with Gasteiger partial charge in [-0.25, -0.2) is 4.79 Å². The van der Waals surface area contributed by atoms with Crippen LogP contribution < -0.4 is 16.4 Å². The average molecular weight is 256 g/mol. The lowest BCUT2D eigenvalue weighted by Crippen LogP contribution is -2.40. The molecule has 0 radical (unpaired) electrons. The monoisotopic (exact) mass is 255 g/mol. The van der Waals surface area contributed by atoms with Crippen molar-refractivity contribution in [3.05, 3.63) is 35.4 Å². The van der Waals surface area contributed by atoms with Crippen molar-refractivity contribution in [2.45, 2.75) is 19.0 Å². The molecule has 0 aromatic heterocycles. The van der Waals surface area contributed by atoms with Gasteiger partial charge in [0.1, 0.15) is 5.54 Å². The van der Waals surface area contributed by atoms with Gasteiger partial charge in [0.05, 0.1) is 0 Å². The normalized spacial score (nSPS) is 22.7. The van der Waals surface area contributed by atoms with Crippen molar-refractivity contribution in [3.63, 3.8) is 0 Å². The summed E-state index contributed by atoms with van der Waals surface area (Å²) in [6, 6.07) is 6.85. The summed E-state index contributed by atoms with van der Waals surface area (Å²) in [4.78, 5) is 22.8. The number of rotatable bonds is 2. The smallest absolute Gasteiger partial charge is 0.322 e. The van der Waals surface area contributed by atoms with Gasteiger partial charge in [0.15, 0.2) is 0 Å². The molecule has 0 bridgehead atoms. The molecule has 92 valence electrons. The van der Waals surface area contributed by atoms with Crippen LogP contribution in [0.2, 0.25) is 0 Å². The Bertz CT molecular complexity index is 464. The van der Waals surface area contributed by atoms with E-state index in [0.29, 0.717) is 6.54 Å². The molecule has 1 aliphatic rings. The van der Waals surface area contributed by atoms with Crippen LogP contribution in [0.15, 0.2) is 24.3 Å². The Hall–Kier alpha value is -1.59. The van der Waals surface area contributed by atoms with Gasteiger partial charge in [0.25, 0.3) is 5.91 Å². The summed E-state index contributed by atoms with van der Waals surface area (Å²) in [6.07, 6.45) is 0. The quantitative estimate of drug-likeness (QED) is 0.678. The molecular formula is C11H14ClN3O2. The molecule has 2 rings (SSSR count). The number of nitrogens with two attached hydrogens (primary N) is 1. The predicted octanol–water partition coefficient (Wildman–Crippen LogP) is 0.622. The molecule has 1 fully saturated rings. The molecular weight excluding hydrogens is 242 g/mol. The summed E-state index contributed by atoms with van der Waals surface area (Å²) in [5, 5.41) is 4.83. The maximum atomic E-state index is 11.7. The fourth-order valence-corrected chi connectivity index (χ4v) is 1.76. The number of hydrogen-bond donors (Lipinski definition) is 3. The first kappa shape index (κ1) is 13.5. The topological polar surface area (TPSA) is 84.2 Å². The molecule has 17 heavy (non-hydrogen) atoms. The molecule has 0 spiro atoms. The van der Waals surface area contributed by atoms with Crippen LogP contribution in [0.25, 0.3) is 0 Å². The first-order valence-corrected chi connectivity index (χ1v) is 4.99. The Balaban J connectivity index is 0.00000144. The summed E-state index contributed by atoms with van der Waals surface area (Å²) in [7, 11) is 0. The van der Waals surface area contributed by atoms with Crippen molar-refractivity contribution in [1.29, 1.82) is 0 Å². The Morgan fingerprint density at radius 1 is 1.35 bits per heavy atom. The van der Waals surface area contributed by atoms with Crippen LogP contribution in [-0.4, -0.2) is 11.9 Å². The molecule has 5 nitrogen and oxygen atoms in total. The summed E-state index contributed by atoms with van der Waals surface area (Å²) in [6.45, 7) is 2.07. The Morgan fingerprint density at radius 2 is 2.06 bits per heavy atom. The number of hydrogen-bond acceptors (Lipinski definition) is 3. The Kier molecular flexibility index (Phi) is 3.75. The van der Waals surface area contributed by atoms with E-state index >= 15 is 0 Å². The zero-order valence-corrected chi connectivity index (χ0v) is 10.1. The van der Waals surface area contributed by atoms with Crippen molar-refractivity contribution >= 4 is 24.3 Å². The minimum atomic E-state index is -0.998. The van der Waals surface area contributed by atoms with E-state index in [9.17, 15) is 9.59 Å². The van der Waals surface area contributed by atoms with Crippen LogP contribution in [0.3, 0.4) is 0 Å². The first-order valence-electron chi connectivity index (χ1n) is 4.99. The third kappa shape index (κ3) is 2.25. The van der Waals surface area contributed by atoms with Crippen LogP contribution in [-0.2, 0) is 16.9 Å². The number of imide groups is 1. The molecule has 1 aromatic carbocycles. The second-order valence-corrected chi connectivity index (χ2v) is 3.94.